The van der Waals surface area contributed by atoms with Crippen molar-refractivity contribution in [2.45, 2.75) is 31.4 Å². The molecule has 2 fully saturated rings. The first-order valence-electron chi connectivity index (χ1n) is 6.41. The van der Waals surface area contributed by atoms with Gasteiger partial charge in [0.15, 0.2) is 0 Å². The van der Waals surface area contributed by atoms with Gasteiger partial charge in [0, 0.05) is 32.7 Å². The summed E-state index contributed by atoms with van der Waals surface area (Å²) in [6.45, 7) is 3.61. The second kappa shape index (κ2) is 7.94. The number of methoxy groups -OCH3 is 1. The smallest absolute Gasteiger partial charge is 0.224 e. The van der Waals surface area contributed by atoms with E-state index >= 15 is 0 Å². The highest BCUT2D eigenvalue weighted by molar-refractivity contribution is 5.85. The van der Waals surface area contributed by atoms with Crippen molar-refractivity contribution in [3.05, 3.63) is 0 Å². The van der Waals surface area contributed by atoms with Crippen LogP contribution in [0.15, 0.2) is 0 Å². The maximum absolute atomic E-state index is 12.1. The van der Waals surface area contributed by atoms with Crippen LogP contribution >= 0.6 is 12.4 Å². The van der Waals surface area contributed by atoms with Gasteiger partial charge in [-0.2, -0.15) is 0 Å². The number of carbonyl (C=O) groups is 1. The third-order valence-corrected chi connectivity index (χ3v) is 3.43. The Morgan fingerprint density at radius 3 is 3.06 bits per heavy atom. The minimum Gasteiger partial charge on any atom is -0.382 e. The van der Waals surface area contributed by atoms with E-state index < -0.39 is 0 Å². The van der Waals surface area contributed by atoms with Crippen molar-refractivity contribution < 1.29 is 14.3 Å². The Morgan fingerprint density at radius 2 is 2.39 bits per heavy atom. The summed E-state index contributed by atoms with van der Waals surface area (Å²) in [6, 6.07) is 0.381. The quantitative estimate of drug-likeness (QED) is 0.810. The molecule has 2 rings (SSSR count). The number of hydrogen-bond donors (Lipinski definition) is 1. The van der Waals surface area contributed by atoms with E-state index in [4.69, 9.17) is 9.47 Å². The number of ether oxygens (including phenoxy) is 2. The summed E-state index contributed by atoms with van der Waals surface area (Å²) in [4.78, 5) is 14.0. The zero-order chi connectivity index (χ0) is 12.1. The molecule has 0 bridgehead atoms. The van der Waals surface area contributed by atoms with Crippen molar-refractivity contribution in [2.75, 3.05) is 40.0 Å². The molecule has 18 heavy (non-hydrogen) atoms. The number of halogens is 1. The Labute approximate surface area is 115 Å². The molecular formula is C12H23ClN2O3. The second-order valence-electron chi connectivity index (χ2n) is 4.79. The Hall–Kier alpha value is -0.360. The number of nitrogens with one attached hydrogen (secondary N) is 1. The van der Waals surface area contributed by atoms with Crippen molar-refractivity contribution in [3.63, 3.8) is 0 Å². The number of hydrogen-bond acceptors (Lipinski definition) is 4. The maximum atomic E-state index is 12.1. The molecule has 1 N–H and O–H groups in total. The predicted octanol–water partition coefficient (Wildman–Crippen LogP) is 0.424. The largest absolute Gasteiger partial charge is 0.382 e. The molecule has 2 heterocycles. The molecule has 5 nitrogen and oxygen atoms in total. The molecule has 6 heteroatoms. The lowest BCUT2D eigenvalue weighted by atomic mass is 10.1. The van der Waals surface area contributed by atoms with Gasteiger partial charge in [-0.15, -0.1) is 12.4 Å². The fraction of sp³-hybridized carbons (Fsp3) is 0.917. The third-order valence-electron chi connectivity index (χ3n) is 3.43. The van der Waals surface area contributed by atoms with E-state index in [-0.39, 0.29) is 24.4 Å². The van der Waals surface area contributed by atoms with Gasteiger partial charge < -0.3 is 19.7 Å². The highest BCUT2D eigenvalue weighted by atomic mass is 35.5. The summed E-state index contributed by atoms with van der Waals surface area (Å²) in [5.74, 6) is 0.244. The first-order valence-corrected chi connectivity index (χ1v) is 6.41. The van der Waals surface area contributed by atoms with Gasteiger partial charge in [-0.05, 0) is 19.4 Å². The fourth-order valence-corrected chi connectivity index (χ4v) is 2.50. The molecule has 1 amide bonds. The molecule has 0 aliphatic carbocycles. The average Bonchev–Trinajstić information content (AvgIpc) is 2.83. The third kappa shape index (κ3) is 4.39. The molecule has 2 aliphatic rings. The van der Waals surface area contributed by atoms with Crippen LogP contribution in [-0.2, 0) is 14.3 Å². The van der Waals surface area contributed by atoms with E-state index in [1.165, 1.54) is 6.42 Å². The number of carbonyl (C=O) groups excluding carboxylic acids is 1. The van der Waals surface area contributed by atoms with Crippen LogP contribution in [0, 0.1) is 0 Å². The predicted molar refractivity (Wildman–Crippen MR) is 71.1 cm³/mol. The monoisotopic (exact) mass is 278 g/mol. The molecule has 0 aromatic heterocycles. The van der Waals surface area contributed by atoms with Gasteiger partial charge in [0.25, 0.3) is 0 Å². The molecular weight excluding hydrogens is 256 g/mol. The van der Waals surface area contributed by atoms with Gasteiger partial charge in [0.2, 0.25) is 5.91 Å². The van der Waals surface area contributed by atoms with Crippen LogP contribution in [0.5, 0.6) is 0 Å². The molecule has 2 saturated heterocycles. The highest BCUT2D eigenvalue weighted by Gasteiger charge is 2.26. The number of nitrogens with zero attached hydrogens (tertiary/aromatic N) is 1. The van der Waals surface area contributed by atoms with E-state index in [0.717, 1.165) is 13.0 Å². The molecule has 0 aromatic rings. The van der Waals surface area contributed by atoms with Crippen molar-refractivity contribution in [3.8, 4) is 0 Å². The van der Waals surface area contributed by atoms with Gasteiger partial charge in [0.05, 0.1) is 19.3 Å². The highest BCUT2D eigenvalue weighted by Crippen LogP contribution is 2.13. The van der Waals surface area contributed by atoms with Crippen molar-refractivity contribution in [1.29, 1.82) is 0 Å². The number of morpholine rings is 1. The average molecular weight is 279 g/mol. The van der Waals surface area contributed by atoms with E-state index in [9.17, 15) is 4.79 Å². The van der Waals surface area contributed by atoms with Crippen LogP contribution in [-0.4, -0.2) is 62.9 Å². The maximum Gasteiger partial charge on any atom is 0.224 e. The van der Waals surface area contributed by atoms with E-state index in [1.54, 1.807) is 7.11 Å². The normalized spacial score (nSPS) is 27.9. The van der Waals surface area contributed by atoms with Gasteiger partial charge in [-0.25, -0.2) is 0 Å². The molecule has 2 aliphatic heterocycles. The minimum atomic E-state index is 0. The molecule has 0 aromatic carbocycles. The van der Waals surface area contributed by atoms with Crippen LogP contribution in [0.4, 0.5) is 0 Å². The van der Waals surface area contributed by atoms with Gasteiger partial charge in [0.1, 0.15) is 0 Å². The Bertz CT molecular complexity index is 258. The minimum absolute atomic E-state index is 0. The second-order valence-corrected chi connectivity index (χ2v) is 4.79. The summed E-state index contributed by atoms with van der Waals surface area (Å²) in [5.41, 5.74) is 0. The first kappa shape index (κ1) is 15.7. The standard InChI is InChI=1S/C12H22N2O3.ClH/c1-16-9-11-8-14(5-6-17-11)12(15)7-10-3-2-4-13-10;/h10-11,13H,2-9H2,1H3;1H. The van der Waals surface area contributed by atoms with Gasteiger partial charge in [-0.3, -0.25) is 4.79 Å². The summed E-state index contributed by atoms with van der Waals surface area (Å²) in [5, 5.41) is 3.36. The number of amides is 1. The lowest BCUT2D eigenvalue weighted by Gasteiger charge is -2.33. The zero-order valence-corrected chi connectivity index (χ0v) is 11.7. The molecule has 0 spiro atoms. The molecule has 2 atom stereocenters. The van der Waals surface area contributed by atoms with E-state index in [0.29, 0.717) is 38.8 Å². The van der Waals surface area contributed by atoms with Crippen LogP contribution in [0.25, 0.3) is 0 Å². The summed E-state index contributed by atoms with van der Waals surface area (Å²) >= 11 is 0. The van der Waals surface area contributed by atoms with Crippen molar-refractivity contribution in [1.82, 2.24) is 10.2 Å². The Morgan fingerprint density at radius 1 is 1.56 bits per heavy atom. The molecule has 2 unspecified atom stereocenters. The SMILES string of the molecule is COCC1CN(C(=O)CC2CCCN2)CCO1.Cl. The lowest BCUT2D eigenvalue weighted by molar-refractivity contribution is -0.141. The topological polar surface area (TPSA) is 50.8 Å². The van der Waals surface area contributed by atoms with E-state index in [1.807, 2.05) is 4.90 Å². The summed E-state index contributed by atoms with van der Waals surface area (Å²) in [6.07, 6.45) is 2.97. The summed E-state index contributed by atoms with van der Waals surface area (Å²) in [7, 11) is 1.66. The number of rotatable bonds is 4. The Kier molecular flexibility index (Phi) is 6.92. The molecule has 106 valence electrons. The first-order chi connectivity index (χ1) is 8.29. The van der Waals surface area contributed by atoms with Crippen LogP contribution in [0.3, 0.4) is 0 Å². The molecule has 0 radical (unpaired) electrons. The van der Waals surface area contributed by atoms with E-state index in [2.05, 4.69) is 5.32 Å². The van der Waals surface area contributed by atoms with Crippen LogP contribution < -0.4 is 5.32 Å². The van der Waals surface area contributed by atoms with Crippen molar-refractivity contribution in [2.24, 2.45) is 0 Å². The fourth-order valence-electron chi connectivity index (χ4n) is 2.50. The van der Waals surface area contributed by atoms with Gasteiger partial charge in [-0.1, -0.05) is 0 Å². The molecule has 0 saturated carbocycles. The van der Waals surface area contributed by atoms with Crippen LogP contribution in [0.2, 0.25) is 0 Å². The summed E-state index contributed by atoms with van der Waals surface area (Å²) < 4.78 is 10.6. The van der Waals surface area contributed by atoms with Crippen LogP contribution in [0.1, 0.15) is 19.3 Å². The Balaban J connectivity index is 0.00000162. The van der Waals surface area contributed by atoms with Crippen molar-refractivity contribution >= 4 is 18.3 Å². The zero-order valence-electron chi connectivity index (χ0n) is 10.9. The van der Waals surface area contributed by atoms with Gasteiger partial charge >= 0.3 is 0 Å². The lowest BCUT2D eigenvalue weighted by Crippen LogP contribution is -2.48.